The third-order valence-corrected chi connectivity index (χ3v) is 2.11. The van der Waals surface area contributed by atoms with Gasteiger partial charge in [-0.15, -0.1) is 0 Å². The first-order valence-electron chi connectivity index (χ1n) is 5.28. The smallest absolute Gasteiger partial charge is 0.268 e. The van der Waals surface area contributed by atoms with Crippen molar-refractivity contribution in [3.8, 4) is 0 Å². The molecule has 86 valence electrons. The molecule has 4 heteroatoms. The molecule has 0 fully saturated rings. The highest BCUT2D eigenvalue weighted by Gasteiger charge is 2.02. The monoisotopic (exact) mass is 219 g/mol. The van der Waals surface area contributed by atoms with Gasteiger partial charge in [-0.3, -0.25) is 4.79 Å². The third-order valence-electron chi connectivity index (χ3n) is 2.11. The van der Waals surface area contributed by atoms with Gasteiger partial charge in [0.15, 0.2) is 0 Å². The Hall–Kier alpha value is -1.84. The number of allylic oxidation sites excluding steroid dienone is 4. The van der Waals surface area contributed by atoms with E-state index in [2.05, 4.69) is 24.9 Å². The molecular formula is C12H17N3O. The second-order valence-corrected chi connectivity index (χ2v) is 3.58. The zero-order valence-electron chi connectivity index (χ0n) is 9.68. The van der Waals surface area contributed by atoms with Crippen LogP contribution in [0.15, 0.2) is 36.3 Å². The number of hydrogen-bond donors (Lipinski definition) is 1. The van der Waals surface area contributed by atoms with Crippen molar-refractivity contribution in [2.24, 2.45) is 5.73 Å². The molecule has 0 aliphatic carbocycles. The number of hydrogen-bond acceptors (Lipinski definition) is 2. The summed E-state index contributed by atoms with van der Waals surface area (Å²) in [5.74, 6) is -0.496. The molecule has 1 aromatic heterocycles. The Morgan fingerprint density at radius 1 is 1.62 bits per heavy atom. The SMILES string of the molecule is CC/C=C(C)/C=C/Cn1cnc(C(N)=O)c1. The first-order chi connectivity index (χ1) is 7.63. The molecule has 0 spiro atoms. The second-order valence-electron chi connectivity index (χ2n) is 3.58. The summed E-state index contributed by atoms with van der Waals surface area (Å²) in [7, 11) is 0. The van der Waals surface area contributed by atoms with E-state index in [0.29, 0.717) is 12.2 Å². The number of rotatable bonds is 5. The van der Waals surface area contributed by atoms with Crippen molar-refractivity contribution in [1.82, 2.24) is 9.55 Å². The third kappa shape index (κ3) is 3.73. The van der Waals surface area contributed by atoms with Crippen LogP contribution in [0.1, 0.15) is 30.8 Å². The first-order valence-corrected chi connectivity index (χ1v) is 5.28. The largest absolute Gasteiger partial charge is 0.364 e. The minimum absolute atomic E-state index is 0.300. The van der Waals surface area contributed by atoms with E-state index in [4.69, 9.17) is 5.73 Å². The summed E-state index contributed by atoms with van der Waals surface area (Å²) in [6, 6.07) is 0. The maximum atomic E-state index is 10.8. The lowest BCUT2D eigenvalue weighted by Gasteiger charge is -1.95. The summed E-state index contributed by atoms with van der Waals surface area (Å²) in [5, 5.41) is 0. The Bertz CT molecular complexity index is 416. The van der Waals surface area contributed by atoms with E-state index in [1.165, 1.54) is 5.57 Å². The standard InChI is InChI=1S/C12H17N3O/c1-3-5-10(2)6-4-7-15-8-11(12(13)16)14-9-15/h4-6,8-9H,3,7H2,1-2H3,(H2,13,16)/b6-4+,10-5+. The van der Waals surface area contributed by atoms with Crippen LogP contribution in [0.4, 0.5) is 0 Å². The fourth-order valence-corrected chi connectivity index (χ4v) is 1.34. The summed E-state index contributed by atoms with van der Waals surface area (Å²) >= 11 is 0. The van der Waals surface area contributed by atoms with Crippen LogP contribution in [0, 0.1) is 0 Å². The van der Waals surface area contributed by atoms with Gasteiger partial charge < -0.3 is 10.3 Å². The number of carbonyl (C=O) groups excluding carboxylic acids is 1. The zero-order valence-corrected chi connectivity index (χ0v) is 9.68. The molecule has 0 aromatic carbocycles. The molecule has 1 amide bonds. The topological polar surface area (TPSA) is 60.9 Å². The molecule has 0 aliphatic heterocycles. The average molecular weight is 219 g/mol. The number of nitrogens with two attached hydrogens (primary N) is 1. The van der Waals surface area contributed by atoms with Crippen molar-refractivity contribution in [1.29, 1.82) is 0 Å². The molecule has 2 N–H and O–H groups in total. The summed E-state index contributed by atoms with van der Waals surface area (Å²) in [6.07, 6.45) is 10.5. The molecule has 1 heterocycles. The van der Waals surface area contributed by atoms with Crippen LogP contribution < -0.4 is 5.73 Å². The Morgan fingerprint density at radius 2 is 2.38 bits per heavy atom. The van der Waals surface area contributed by atoms with E-state index in [1.54, 1.807) is 12.5 Å². The van der Waals surface area contributed by atoms with Crippen molar-refractivity contribution < 1.29 is 4.79 Å². The van der Waals surface area contributed by atoms with Gasteiger partial charge in [-0.1, -0.05) is 30.7 Å². The van der Waals surface area contributed by atoms with Crippen molar-refractivity contribution in [3.05, 3.63) is 42.0 Å². The molecule has 0 bridgehead atoms. The molecule has 1 rings (SSSR count). The summed E-state index contributed by atoms with van der Waals surface area (Å²) in [5.41, 5.74) is 6.64. The van der Waals surface area contributed by atoms with E-state index < -0.39 is 5.91 Å². The second kappa shape index (κ2) is 5.90. The highest BCUT2D eigenvalue weighted by Crippen LogP contribution is 1.99. The summed E-state index contributed by atoms with van der Waals surface area (Å²) < 4.78 is 1.82. The van der Waals surface area contributed by atoms with Gasteiger partial charge in [0.05, 0.1) is 6.33 Å². The van der Waals surface area contributed by atoms with Gasteiger partial charge in [-0.05, 0) is 13.3 Å². The fraction of sp³-hybridized carbons (Fsp3) is 0.333. The Balaban J connectivity index is 2.54. The normalized spacial score (nSPS) is 12.2. The maximum absolute atomic E-state index is 10.8. The van der Waals surface area contributed by atoms with E-state index in [9.17, 15) is 4.79 Å². The summed E-state index contributed by atoms with van der Waals surface area (Å²) in [6.45, 7) is 4.85. The van der Waals surface area contributed by atoms with Gasteiger partial charge in [0.25, 0.3) is 5.91 Å². The Kier molecular flexibility index (Phi) is 4.51. The number of primary amides is 1. The number of nitrogens with zero attached hydrogens (tertiary/aromatic N) is 2. The van der Waals surface area contributed by atoms with Gasteiger partial charge in [0.2, 0.25) is 0 Å². The quantitative estimate of drug-likeness (QED) is 0.769. The average Bonchev–Trinajstić information content (AvgIpc) is 2.67. The number of aromatic nitrogens is 2. The van der Waals surface area contributed by atoms with E-state index >= 15 is 0 Å². The molecule has 0 radical (unpaired) electrons. The number of carbonyl (C=O) groups is 1. The predicted molar refractivity (Wildman–Crippen MR) is 63.9 cm³/mol. The lowest BCUT2D eigenvalue weighted by molar-refractivity contribution is 0.0996. The molecule has 16 heavy (non-hydrogen) atoms. The van der Waals surface area contributed by atoms with Crippen LogP contribution in [0.5, 0.6) is 0 Å². The first kappa shape index (κ1) is 12.2. The Morgan fingerprint density at radius 3 is 2.94 bits per heavy atom. The molecule has 4 nitrogen and oxygen atoms in total. The van der Waals surface area contributed by atoms with Crippen LogP contribution in [-0.4, -0.2) is 15.5 Å². The maximum Gasteiger partial charge on any atom is 0.268 e. The van der Waals surface area contributed by atoms with Crippen molar-refractivity contribution in [2.75, 3.05) is 0 Å². The highest BCUT2D eigenvalue weighted by atomic mass is 16.1. The van der Waals surface area contributed by atoms with Gasteiger partial charge in [0, 0.05) is 12.7 Å². The lowest BCUT2D eigenvalue weighted by atomic mass is 10.2. The van der Waals surface area contributed by atoms with Crippen LogP contribution >= 0.6 is 0 Å². The predicted octanol–water partition coefficient (Wildman–Crippen LogP) is 1.89. The van der Waals surface area contributed by atoms with Crippen LogP contribution in [0.25, 0.3) is 0 Å². The van der Waals surface area contributed by atoms with Crippen molar-refractivity contribution in [3.63, 3.8) is 0 Å². The number of imidazole rings is 1. The molecular weight excluding hydrogens is 202 g/mol. The van der Waals surface area contributed by atoms with E-state index in [1.807, 2.05) is 16.7 Å². The summed E-state index contributed by atoms with van der Waals surface area (Å²) in [4.78, 5) is 14.7. The van der Waals surface area contributed by atoms with Crippen LogP contribution in [-0.2, 0) is 6.54 Å². The molecule has 0 saturated heterocycles. The lowest BCUT2D eigenvalue weighted by Crippen LogP contribution is -2.11. The van der Waals surface area contributed by atoms with Gasteiger partial charge in [-0.2, -0.15) is 0 Å². The minimum atomic E-state index is -0.496. The molecule has 0 unspecified atom stereocenters. The van der Waals surface area contributed by atoms with Crippen molar-refractivity contribution in [2.45, 2.75) is 26.8 Å². The van der Waals surface area contributed by atoms with Crippen molar-refractivity contribution >= 4 is 5.91 Å². The van der Waals surface area contributed by atoms with Crippen LogP contribution in [0.2, 0.25) is 0 Å². The van der Waals surface area contributed by atoms with E-state index in [-0.39, 0.29) is 0 Å². The fourth-order valence-electron chi connectivity index (χ4n) is 1.34. The molecule has 0 saturated carbocycles. The minimum Gasteiger partial charge on any atom is -0.364 e. The van der Waals surface area contributed by atoms with Crippen LogP contribution in [0.3, 0.4) is 0 Å². The van der Waals surface area contributed by atoms with Gasteiger partial charge in [-0.25, -0.2) is 4.98 Å². The van der Waals surface area contributed by atoms with Gasteiger partial charge >= 0.3 is 0 Å². The Labute approximate surface area is 95.5 Å². The molecule has 0 aliphatic rings. The van der Waals surface area contributed by atoms with E-state index in [0.717, 1.165) is 6.42 Å². The molecule has 0 atom stereocenters. The molecule has 1 aromatic rings. The van der Waals surface area contributed by atoms with Gasteiger partial charge in [0.1, 0.15) is 5.69 Å². The number of amides is 1. The zero-order chi connectivity index (χ0) is 12.0. The highest BCUT2D eigenvalue weighted by molar-refractivity contribution is 5.90.